The molecule has 1 aromatic carbocycles. The molecule has 18 heavy (non-hydrogen) atoms. The number of hydrogen-bond donors (Lipinski definition) is 1. The molecule has 0 radical (unpaired) electrons. The Morgan fingerprint density at radius 2 is 2.22 bits per heavy atom. The Morgan fingerprint density at radius 3 is 2.78 bits per heavy atom. The largest absolute Gasteiger partial charge is 0.491 e. The molecule has 0 amide bonds. The Labute approximate surface area is 112 Å². The highest BCUT2D eigenvalue weighted by molar-refractivity contribution is 6.32. The van der Waals surface area contributed by atoms with Crippen molar-refractivity contribution in [2.45, 2.75) is 25.7 Å². The number of hydrogen-bond acceptors (Lipinski definition) is 3. The second kappa shape index (κ2) is 5.60. The first kappa shape index (κ1) is 13.2. The normalized spacial score (nSPS) is 16.1. The van der Waals surface area contributed by atoms with Gasteiger partial charge in [-0.15, -0.1) is 0 Å². The van der Waals surface area contributed by atoms with E-state index in [-0.39, 0.29) is 5.41 Å². The highest BCUT2D eigenvalue weighted by atomic mass is 35.5. The van der Waals surface area contributed by atoms with Gasteiger partial charge in [0.25, 0.3) is 0 Å². The molecule has 96 valence electrons. The summed E-state index contributed by atoms with van der Waals surface area (Å²) >= 11 is 6.16. The number of ether oxygens (including phenoxy) is 1. The third-order valence-corrected chi connectivity index (χ3v) is 3.67. The third kappa shape index (κ3) is 3.16. The zero-order valence-corrected chi connectivity index (χ0v) is 11.0. The lowest BCUT2D eigenvalue weighted by Crippen LogP contribution is -2.12. The van der Waals surface area contributed by atoms with Crippen molar-refractivity contribution in [1.82, 2.24) is 0 Å². The van der Waals surface area contributed by atoms with E-state index in [1.165, 1.54) is 0 Å². The Kier molecular flexibility index (Phi) is 4.11. The molecular formula is C14H17ClN2O. The molecular weight excluding hydrogens is 248 g/mol. The summed E-state index contributed by atoms with van der Waals surface area (Å²) in [7, 11) is 0. The fraction of sp³-hybridized carbons (Fsp3) is 0.500. The second-order valence-electron chi connectivity index (χ2n) is 4.93. The molecule has 0 aromatic heterocycles. The Bertz CT molecular complexity index is 463. The van der Waals surface area contributed by atoms with E-state index < -0.39 is 0 Å². The topological polar surface area (TPSA) is 59.0 Å². The Balaban J connectivity index is 1.96. The quantitative estimate of drug-likeness (QED) is 0.859. The van der Waals surface area contributed by atoms with Crippen molar-refractivity contribution >= 4 is 11.6 Å². The van der Waals surface area contributed by atoms with Gasteiger partial charge in [-0.2, -0.15) is 5.26 Å². The number of nitrogens with zero attached hydrogens (tertiary/aromatic N) is 1. The zero-order valence-electron chi connectivity index (χ0n) is 10.3. The molecule has 1 aliphatic carbocycles. The van der Waals surface area contributed by atoms with E-state index in [1.807, 2.05) is 18.2 Å². The fourth-order valence-corrected chi connectivity index (χ4v) is 2.19. The minimum Gasteiger partial charge on any atom is -0.491 e. The van der Waals surface area contributed by atoms with Crippen molar-refractivity contribution in [3.05, 3.63) is 28.8 Å². The lowest BCUT2D eigenvalue weighted by Gasteiger charge is -2.14. The third-order valence-electron chi connectivity index (χ3n) is 3.37. The van der Waals surface area contributed by atoms with Crippen LogP contribution >= 0.6 is 11.6 Å². The van der Waals surface area contributed by atoms with Gasteiger partial charge in [-0.25, -0.2) is 0 Å². The smallest absolute Gasteiger partial charge is 0.137 e. The van der Waals surface area contributed by atoms with Crippen LogP contribution in [0.25, 0.3) is 0 Å². The van der Waals surface area contributed by atoms with Crippen molar-refractivity contribution in [3.63, 3.8) is 0 Å². The first-order chi connectivity index (χ1) is 8.69. The summed E-state index contributed by atoms with van der Waals surface area (Å²) in [5.74, 6) is 0.696. The van der Waals surface area contributed by atoms with E-state index in [0.29, 0.717) is 30.3 Å². The van der Waals surface area contributed by atoms with Crippen molar-refractivity contribution in [2.24, 2.45) is 11.1 Å². The summed E-state index contributed by atoms with van der Waals surface area (Å²) in [5, 5.41) is 9.36. The minimum atomic E-state index is 0.0774. The van der Waals surface area contributed by atoms with Crippen LogP contribution in [0.15, 0.2) is 18.2 Å². The molecule has 2 N–H and O–H groups in total. The minimum absolute atomic E-state index is 0.0774. The van der Waals surface area contributed by atoms with Gasteiger partial charge < -0.3 is 10.5 Å². The van der Waals surface area contributed by atoms with Gasteiger partial charge in [0, 0.05) is 11.8 Å². The number of rotatable bonds is 6. The number of benzene rings is 1. The molecule has 4 heteroatoms. The van der Waals surface area contributed by atoms with Crippen LogP contribution in [-0.2, 0) is 6.42 Å². The molecule has 0 bridgehead atoms. The first-order valence-corrected chi connectivity index (χ1v) is 6.55. The van der Waals surface area contributed by atoms with Crippen LogP contribution in [-0.4, -0.2) is 13.2 Å². The summed E-state index contributed by atoms with van der Waals surface area (Å²) < 4.78 is 5.74. The fourth-order valence-electron chi connectivity index (χ4n) is 1.93. The maximum atomic E-state index is 8.75. The maximum Gasteiger partial charge on any atom is 0.137 e. The highest BCUT2D eigenvalue weighted by Crippen LogP contribution is 2.49. The van der Waals surface area contributed by atoms with Crippen LogP contribution in [0.3, 0.4) is 0 Å². The van der Waals surface area contributed by atoms with Gasteiger partial charge in [0.15, 0.2) is 0 Å². The van der Waals surface area contributed by atoms with Crippen molar-refractivity contribution in [3.8, 4) is 11.8 Å². The molecule has 1 fully saturated rings. The summed E-state index contributed by atoms with van der Waals surface area (Å²) in [5.41, 5.74) is 6.70. The molecule has 1 aromatic rings. The zero-order chi connectivity index (χ0) is 13.0. The van der Waals surface area contributed by atoms with E-state index in [2.05, 4.69) is 6.07 Å². The lowest BCUT2D eigenvalue weighted by molar-refractivity contribution is 0.237. The van der Waals surface area contributed by atoms with Gasteiger partial charge in [0.2, 0.25) is 0 Å². The van der Waals surface area contributed by atoms with Crippen LogP contribution < -0.4 is 10.5 Å². The molecule has 3 nitrogen and oxygen atoms in total. The van der Waals surface area contributed by atoms with Gasteiger partial charge in [-0.3, -0.25) is 0 Å². The van der Waals surface area contributed by atoms with Gasteiger partial charge >= 0.3 is 0 Å². The average molecular weight is 265 g/mol. The molecule has 1 aliphatic rings. The molecule has 0 heterocycles. The van der Waals surface area contributed by atoms with Gasteiger partial charge in [0.1, 0.15) is 5.75 Å². The summed E-state index contributed by atoms with van der Waals surface area (Å²) in [4.78, 5) is 0. The van der Waals surface area contributed by atoms with Gasteiger partial charge in [0.05, 0.1) is 17.7 Å². The molecule has 2 rings (SSSR count). The predicted molar refractivity (Wildman–Crippen MR) is 71.6 cm³/mol. The maximum absolute atomic E-state index is 8.75. The van der Waals surface area contributed by atoms with Crippen LogP contribution in [0.4, 0.5) is 0 Å². The highest BCUT2D eigenvalue weighted by Gasteiger charge is 2.43. The second-order valence-corrected chi connectivity index (χ2v) is 5.33. The number of nitriles is 1. The van der Waals surface area contributed by atoms with Crippen molar-refractivity contribution < 1.29 is 4.74 Å². The first-order valence-electron chi connectivity index (χ1n) is 6.17. The van der Waals surface area contributed by atoms with Crippen LogP contribution in [0.2, 0.25) is 5.02 Å². The lowest BCUT2D eigenvalue weighted by atomic mass is 10.1. The molecule has 0 saturated heterocycles. The van der Waals surface area contributed by atoms with Crippen LogP contribution in [0.1, 0.15) is 24.8 Å². The van der Waals surface area contributed by atoms with Crippen molar-refractivity contribution in [1.29, 1.82) is 5.26 Å². The average Bonchev–Trinajstić information content (AvgIpc) is 3.09. The SMILES string of the molecule is N#CCC1(COc2ccc(CCN)cc2Cl)CC1. The predicted octanol–water partition coefficient (Wildman–Crippen LogP) is 2.91. The monoisotopic (exact) mass is 264 g/mol. The number of halogens is 1. The van der Waals surface area contributed by atoms with Crippen molar-refractivity contribution in [2.75, 3.05) is 13.2 Å². The van der Waals surface area contributed by atoms with Crippen LogP contribution in [0.5, 0.6) is 5.75 Å². The molecule has 0 spiro atoms. The van der Waals surface area contributed by atoms with E-state index >= 15 is 0 Å². The van der Waals surface area contributed by atoms with E-state index in [9.17, 15) is 0 Å². The molecule has 0 unspecified atom stereocenters. The van der Waals surface area contributed by atoms with Gasteiger partial charge in [-0.1, -0.05) is 17.7 Å². The van der Waals surface area contributed by atoms with E-state index in [1.54, 1.807) is 0 Å². The molecule has 1 saturated carbocycles. The van der Waals surface area contributed by atoms with Crippen LogP contribution in [0, 0.1) is 16.7 Å². The Morgan fingerprint density at radius 1 is 1.44 bits per heavy atom. The van der Waals surface area contributed by atoms with E-state index in [0.717, 1.165) is 24.8 Å². The molecule has 0 atom stereocenters. The van der Waals surface area contributed by atoms with Gasteiger partial charge in [-0.05, 0) is 43.5 Å². The summed E-state index contributed by atoms with van der Waals surface area (Å²) in [6, 6.07) is 7.99. The molecule has 0 aliphatic heterocycles. The number of nitrogens with two attached hydrogens (primary N) is 1. The summed E-state index contributed by atoms with van der Waals surface area (Å²) in [6.07, 6.45) is 3.53. The standard InChI is InChI=1S/C14H17ClN2O/c15-12-9-11(3-7-16)1-2-13(12)18-10-14(4-5-14)6-8-17/h1-2,9H,3-7,10,16H2. The van der Waals surface area contributed by atoms with E-state index in [4.69, 9.17) is 27.3 Å². The Hall–Kier alpha value is -1.24. The summed E-state index contributed by atoms with van der Waals surface area (Å²) in [6.45, 7) is 1.19.